The van der Waals surface area contributed by atoms with E-state index in [1.54, 1.807) is 12.3 Å². The first kappa shape index (κ1) is 18.1. The van der Waals surface area contributed by atoms with Crippen molar-refractivity contribution >= 4 is 23.3 Å². The number of carbonyl (C=O) groups excluding carboxylic acids is 2. The molecule has 150 valence electrons. The summed E-state index contributed by atoms with van der Waals surface area (Å²) in [6.45, 7) is 3.45. The summed E-state index contributed by atoms with van der Waals surface area (Å²) in [5.41, 5.74) is 4.05. The first-order chi connectivity index (χ1) is 14.2. The summed E-state index contributed by atoms with van der Waals surface area (Å²) in [4.78, 5) is 33.2. The lowest BCUT2D eigenvalue weighted by atomic mass is 9.87. The predicted molar refractivity (Wildman–Crippen MR) is 111 cm³/mol. The van der Waals surface area contributed by atoms with E-state index in [2.05, 4.69) is 44.8 Å². The van der Waals surface area contributed by atoms with Crippen LogP contribution in [0.15, 0.2) is 36.5 Å². The van der Waals surface area contributed by atoms with Crippen LogP contribution in [0.4, 0.5) is 11.5 Å². The molecule has 5 rings (SSSR count). The number of piperazine rings is 1. The van der Waals surface area contributed by atoms with Crippen LogP contribution in [-0.2, 0) is 17.6 Å². The molecule has 0 radical (unpaired) electrons. The minimum atomic E-state index is -0.119. The molecule has 1 fully saturated rings. The fraction of sp³-hybridized carbons (Fsp3) is 0.409. The Labute approximate surface area is 170 Å². The van der Waals surface area contributed by atoms with Gasteiger partial charge in [-0.2, -0.15) is 0 Å². The Bertz CT molecular complexity index is 952. The van der Waals surface area contributed by atoms with Gasteiger partial charge < -0.3 is 15.5 Å². The van der Waals surface area contributed by atoms with Gasteiger partial charge in [-0.25, -0.2) is 4.98 Å². The number of benzene rings is 1. The Balaban J connectivity index is 1.21. The molecule has 2 aromatic rings. The Morgan fingerprint density at radius 2 is 1.90 bits per heavy atom. The zero-order chi connectivity index (χ0) is 19.8. The molecular formula is C22H25N5O2. The van der Waals surface area contributed by atoms with Gasteiger partial charge in [-0.3, -0.25) is 14.5 Å². The fourth-order valence-electron chi connectivity index (χ4n) is 4.64. The van der Waals surface area contributed by atoms with Crippen molar-refractivity contribution in [2.45, 2.75) is 25.3 Å². The molecular weight excluding hydrogens is 366 g/mol. The summed E-state index contributed by atoms with van der Waals surface area (Å²) >= 11 is 0. The number of nitrogens with zero attached hydrogens (tertiary/aromatic N) is 3. The lowest BCUT2D eigenvalue weighted by molar-refractivity contribution is -0.114. The van der Waals surface area contributed by atoms with Gasteiger partial charge in [0.15, 0.2) is 0 Å². The predicted octanol–water partition coefficient (Wildman–Crippen LogP) is 1.76. The SMILES string of the molecule is O=C1CNc2ncc(C(=O)N3CCN(C4CCc5ccccc5C4)CC3)cc2N1. The summed E-state index contributed by atoms with van der Waals surface area (Å²) in [5.74, 6) is 0.476. The second-order valence-corrected chi connectivity index (χ2v) is 8.02. The topological polar surface area (TPSA) is 77.6 Å². The number of carbonyl (C=O) groups is 2. The molecule has 1 aromatic carbocycles. The van der Waals surface area contributed by atoms with Crippen LogP contribution in [0, 0.1) is 0 Å². The maximum atomic E-state index is 12.9. The summed E-state index contributed by atoms with van der Waals surface area (Å²) < 4.78 is 0. The van der Waals surface area contributed by atoms with E-state index in [1.165, 1.54) is 17.5 Å². The second-order valence-electron chi connectivity index (χ2n) is 8.02. The third kappa shape index (κ3) is 3.58. The zero-order valence-corrected chi connectivity index (χ0v) is 16.4. The molecule has 0 bridgehead atoms. The molecule has 2 aliphatic heterocycles. The van der Waals surface area contributed by atoms with Crippen molar-refractivity contribution < 1.29 is 9.59 Å². The van der Waals surface area contributed by atoms with Crippen molar-refractivity contribution in [2.24, 2.45) is 0 Å². The highest BCUT2D eigenvalue weighted by atomic mass is 16.2. The largest absolute Gasteiger partial charge is 0.359 e. The van der Waals surface area contributed by atoms with Gasteiger partial charge in [0.05, 0.1) is 17.8 Å². The van der Waals surface area contributed by atoms with E-state index < -0.39 is 0 Å². The van der Waals surface area contributed by atoms with Gasteiger partial charge >= 0.3 is 0 Å². The van der Waals surface area contributed by atoms with Crippen molar-refractivity contribution in [3.05, 3.63) is 53.2 Å². The van der Waals surface area contributed by atoms with E-state index in [0.717, 1.165) is 39.0 Å². The van der Waals surface area contributed by atoms with Gasteiger partial charge in [0, 0.05) is 38.4 Å². The molecule has 29 heavy (non-hydrogen) atoms. The first-order valence-corrected chi connectivity index (χ1v) is 10.3. The third-order valence-corrected chi connectivity index (χ3v) is 6.26. The number of hydrogen-bond donors (Lipinski definition) is 2. The average Bonchev–Trinajstić information content (AvgIpc) is 2.78. The normalized spacial score (nSPS) is 21.6. The number of amides is 2. The first-order valence-electron chi connectivity index (χ1n) is 10.3. The van der Waals surface area contributed by atoms with Crippen LogP contribution < -0.4 is 10.6 Å². The molecule has 7 heteroatoms. The van der Waals surface area contributed by atoms with E-state index in [4.69, 9.17) is 0 Å². The van der Waals surface area contributed by atoms with Crippen LogP contribution in [0.1, 0.15) is 27.9 Å². The van der Waals surface area contributed by atoms with Crippen LogP contribution in [0.2, 0.25) is 0 Å². The summed E-state index contributed by atoms with van der Waals surface area (Å²) in [7, 11) is 0. The zero-order valence-electron chi connectivity index (χ0n) is 16.4. The number of fused-ring (bicyclic) bond motifs is 2. The van der Waals surface area contributed by atoms with Crippen molar-refractivity contribution in [3.63, 3.8) is 0 Å². The molecule has 3 heterocycles. The highest BCUT2D eigenvalue weighted by Crippen LogP contribution is 2.26. The fourth-order valence-corrected chi connectivity index (χ4v) is 4.64. The molecule has 1 aliphatic carbocycles. The van der Waals surface area contributed by atoms with Crippen molar-refractivity contribution in [1.29, 1.82) is 0 Å². The Kier molecular flexibility index (Phi) is 4.67. The smallest absolute Gasteiger partial charge is 0.255 e. The van der Waals surface area contributed by atoms with E-state index >= 15 is 0 Å². The number of pyridine rings is 1. The standard InChI is InChI=1S/C22H25N5O2/c28-20-14-24-21-19(25-20)12-17(13-23-21)22(29)27-9-7-26(8-10-27)18-6-5-15-3-1-2-4-16(15)11-18/h1-4,12-13,18H,5-11,14H2,(H,23,24)(H,25,28). The molecule has 1 saturated heterocycles. The maximum absolute atomic E-state index is 12.9. The van der Waals surface area contributed by atoms with Crippen molar-refractivity contribution in [1.82, 2.24) is 14.8 Å². The maximum Gasteiger partial charge on any atom is 0.255 e. The highest BCUT2D eigenvalue weighted by molar-refractivity contribution is 6.02. The minimum absolute atomic E-state index is 0.0197. The molecule has 0 saturated carbocycles. The number of rotatable bonds is 2. The number of aromatic nitrogens is 1. The van der Waals surface area contributed by atoms with E-state index in [-0.39, 0.29) is 18.4 Å². The summed E-state index contributed by atoms with van der Waals surface area (Å²) in [5, 5.41) is 5.73. The monoisotopic (exact) mass is 391 g/mol. The lowest BCUT2D eigenvalue weighted by Gasteiger charge is -2.41. The molecule has 3 aliphatic rings. The van der Waals surface area contributed by atoms with Crippen LogP contribution in [0.3, 0.4) is 0 Å². The van der Waals surface area contributed by atoms with Crippen LogP contribution in [0.5, 0.6) is 0 Å². The molecule has 2 N–H and O–H groups in total. The Hall–Kier alpha value is -2.93. The minimum Gasteiger partial charge on any atom is -0.359 e. The van der Waals surface area contributed by atoms with Gasteiger partial charge in [-0.15, -0.1) is 0 Å². The number of anilines is 2. The van der Waals surface area contributed by atoms with E-state index in [9.17, 15) is 9.59 Å². The third-order valence-electron chi connectivity index (χ3n) is 6.26. The van der Waals surface area contributed by atoms with Gasteiger partial charge in [0.2, 0.25) is 5.91 Å². The van der Waals surface area contributed by atoms with Crippen molar-refractivity contribution in [3.8, 4) is 0 Å². The molecule has 1 aromatic heterocycles. The molecule has 1 unspecified atom stereocenters. The van der Waals surface area contributed by atoms with Crippen LogP contribution in [0.25, 0.3) is 0 Å². The van der Waals surface area contributed by atoms with Crippen LogP contribution >= 0.6 is 0 Å². The van der Waals surface area contributed by atoms with Crippen LogP contribution in [-0.4, -0.2) is 65.4 Å². The van der Waals surface area contributed by atoms with Gasteiger partial charge in [-0.1, -0.05) is 24.3 Å². The average molecular weight is 391 g/mol. The van der Waals surface area contributed by atoms with Crippen molar-refractivity contribution in [2.75, 3.05) is 43.4 Å². The van der Waals surface area contributed by atoms with Gasteiger partial charge in [-0.05, 0) is 36.5 Å². The molecule has 2 amide bonds. The van der Waals surface area contributed by atoms with Gasteiger partial charge in [0.25, 0.3) is 5.91 Å². The number of nitrogens with one attached hydrogen (secondary N) is 2. The molecule has 7 nitrogen and oxygen atoms in total. The molecule has 0 spiro atoms. The Morgan fingerprint density at radius 1 is 1.10 bits per heavy atom. The Morgan fingerprint density at radius 3 is 2.72 bits per heavy atom. The lowest BCUT2D eigenvalue weighted by Crippen LogP contribution is -2.53. The van der Waals surface area contributed by atoms with E-state index in [0.29, 0.717) is 23.1 Å². The van der Waals surface area contributed by atoms with E-state index in [1.807, 2.05) is 4.90 Å². The molecule has 1 atom stereocenters. The quantitative estimate of drug-likeness (QED) is 0.816. The summed E-state index contributed by atoms with van der Waals surface area (Å²) in [6, 6.07) is 11.0. The number of hydrogen-bond acceptors (Lipinski definition) is 5. The highest BCUT2D eigenvalue weighted by Gasteiger charge is 2.29. The summed E-state index contributed by atoms with van der Waals surface area (Å²) in [6.07, 6.45) is 5.02. The van der Waals surface area contributed by atoms with Gasteiger partial charge in [0.1, 0.15) is 5.82 Å². The second kappa shape index (κ2) is 7.48. The number of aryl methyl sites for hydroxylation is 1.